The monoisotopic (exact) mass is 461 g/mol. The third-order valence-electron chi connectivity index (χ3n) is 4.52. The van der Waals surface area contributed by atoms with Gasteiger partial charge in [0.25, 0.3) is 0 Å². The molecule has 0 aliphatic carbocycles. The molecule has 10 heteroatoms. The van der Waals surface area contributed by atoms with Crippen molar-refractivity contribution in [2.75, 3.05) is 12.4 Å². The zero-order chi connectivity index (χ0) is 22.4. The maximum absolute atomic E-state index is 12.7. The molecule has 3 rings (SSSR count). The molecule has 3 aromatic rings. The van der Waals surface area contributed by atoms with E-state index in [4.69, 9.17) is 9.47 Å². The molecule has 8 nitrogen and oxygen atoms in total. The lowest BCUT2D eigenvalue weighted by Crippen LogP contribution is -2.25. The summed E-state index contributed by atoms with van der Waals surface area (Å²) < 4.78 is 13.5. The predicted molar refractivity (Wildman–Crippen MR) is 123 cm³/mol. The number of aromatic nitrogens is 4. The number of ether oxygens (including phenoxy) is 2. The van der Waals surface area contributed by atoms with Gasteiger partial charge in [-0.05, 0) is 39.3 Å². The number of thiazole rings is 1. The summed E-state index contributed by atoms with van der Waals surface area (Å²) >= 11 is 2.79. The number of amides is 1. The van der Waals surface area contributed by atoms with Crippen LogP contribution in [0.3, 0.4) is 0 Å². The summed E-state index contributed by atoms with van der Waals surface area (Å²) in [6.45, 7) is 8.02. The van der Waals surface area contributed by atoms with Crippen molar-refractivity contribution < 1.29 is 14.3 Å². The highest BCUT2D eigenvalue weighted by Crippen LogP contribution is 2.33. The Balaban J connectivity index is 1.79. The Labute approximate surface area is 190 Å². The van der Waals surface area contributed by atoms with E-state index in [0.29, 0.717) is 34.0 Å². The fourth-order valence-corrected chi connectivity index (χ4v) is 4.64. The van der Waals surface area contributed by atoms with Crippen LogP contribution in [0.5, 0.6) is 11.5 Å². The maximum Gasteiger partial charge on any atom is 0.239 e. The zero-order valence-electron chi connectivity index (χ0n) is 18.2. The first-order valence-corrected chi connectivity index (χ1v) is 11.8. The van der Waals surface area contributed by atoms with E-state index in [2.05, 4.69) is 34.3 Å². The third-order valence-corrected chi connectivity index (χ3v) is 6.53. The van der Waals surface area contributed by atoms with Gasteiger partial charge in [0, 0.05) is 17.6 Å². The molecular formula is C21H27N5O3S2. The van der Waals surface area contributed by atoms with Crippen LogP contribution in [0.25, 0.3) is 0 Å². The Morgan fingerprint density at radius 2 is 1.97 bits per heavy atom. The molecule has 2 unspecified atom stereocenters. The average molecular weight is 462 g/mol. The molecule has 2 heterocycles. The van der Waals surface area contributed by atoms with Gasteiger partial charge < -0.3 is 19.4 Å². The molecule has 0 spiro atoms. The van der Waals surface area contributed by atoms with Crippen LogP contribution in [-0.2, 0) is 4.79 Å². The van der Waals surface area contributed by atoms with Crippen LogP contribution in [0, 0.1) is 0 Å². The van der Waals surface area contributed by atoms with Crippen molar-refractivity contribution in [1.82, 2.24) is 19.7 Å². The van der Waals surface area contributed by atoms with Crippen molar-refractivity contribution >= 4 is 34.1 Å². The summed E-state index contributed by atoms with van der Waals surface area (Å²) in [6, 6.07) is 7.59. The van der Waals surface area contributed by atoms with E-state index >= 15 is 0 Å². The molecule has 2 aromatic heterocycles. The molecule has 166 valence electrons. The number of benzene rings is 1. The zero-order valence-corrected chi connectivity index (χ0v) is 19.9. The second kappa shape index (κ2) is 10.6. The van der Waals surface area contributed by atoms with Crippen LogP contribution in [0.2, 0.25) is 0 Å². The molecule has 0 aliphatic rings. The van der Waals surface area contributed by atoms with Crippen LogP contribution in [0.1, 0.15) is 52.1 Å². The van der Waals surface area contributed by atoms with Gasteiger partial charge in [-0.25, -0.2) is 4.98 Å². The van der Waals surface area contributed by atoms with Gasteiger partial charge in [0.15, 0.2) is 33.7 Å². The van der Waals surface area contributed by atoms with E-state index in [1.54, 1.807) is 13.3 Å². The van der Waals surface area contributed by atoms with E-state index in [0.717, 1.165) is 0 Å². The lowest BCUT2D eigenvalue weighted by molar-refractivity contribution is -0.115. The van der Waals surface area contributed by atoms with Gasteiger partial charge in [-0.3, -0.25) is 4.79 Å². The number of nitrogens with zero attached hydrogens (tertiary/aromatic N) is 4. The van der Waals surface area contributed by atoms with E-state index in [1.807, 2.05) is 48.1 Å². The standard InChI is InChI=1S/C21H27N5O3S2/c1-6-17(19(27)23-20-22-11-12-30-20)31-21-25-24-18(26(21)13(2)3)14(4)29-16-10-8-7-9-15(16)28-5/h7-14,17H,6H2,1-5H3,(H,22,23,27). The van der Waals surface area contributed by atoms with Gasteiger partial charge in [-0.1, -0.05) is 30.8 Å². The number of anilines is 1. The minimum atomic E-state index is -0.357. The number of nitrogens with one attached hydrogen (secondary N) is 1. The van der Waals surface area contributed by atoms with Crippen LogP contribution < -0.4 is 14.8 Å². The Bertz CT molecular complexity index is 991. The molecule has 1 aromatic carbocycles. The summed E-state index contributed by atoms with van der Waals surface area (Å²) in [5.74, 6) is 1.89. The predicted octanol–water partition coefficient (Wildman–Crippen LogP) is 4.97. The van der Waals surface area contributed by atoms with Crippen LogP contribution in [0.15, 0.2) is 41.0 Å². The highest BCUT2D eigenvalue weighted by Gasteiger charge is 2.26. The summed E-state index contributed by atoms with van der Waals surface area (Å²) in [7, 11) is 1.61. The number of thioether (sulfide) groups is 1. The van der Waals surface area contributed by atoms with Crippen molar-refractivity contribution in [2.24, 2.45) is 0 Å². The summed E-state index contributed by atoms with van der Waals surface area (Å²) in [5, 5.41) is 14.4. The van der Waals surface area contributed by atoms with Crippen molar-refractivity contribution in [3.05, 3.63) is 41.7 Å². The van der Waals surface area contributed by atoms with Crippen LogP contribution in [-0.4, -0.2) is 38.0 Å². The fourth-order valence-electron chi connectivity index (χ4n) is 3.01. The van der Waals surface area contributed by atoms with Gasteiger partial charge in [0.05, 0.1) is 12.4 Å². The topological polar surface area (TPSA) is 91.2 Å². The SMILES string of the molecule is CCC(Sc1nnc(C(C)Oc2ccccc2OC)n1C(C)C)C(=O)Nc1nccs1. The fraction of sp³-hybridized carbons (Fsp3) is 0.429. The largest absolute Gasteiger partial charge is 0.493 e. The van der Waals surface area contributed by atoms with Crippen molar-refractivity contribution in [1.29, 1.82) is 0 Å². The van der Waals surface area contributed by atoms with Crippen molar-refractivity contribution in [2.45, 2.75) is 56.7 Å². The second-order valence-electron chi connectivity index (χ2n) is 7.06. The number of para-hydroxylation sites is 2. The van der Waals surface area contributed by atoms with E-state index < -0.39 is 0 Å². The Hall–Kier alpha value is -2.59. The highest BCUT2D eigenvalue weighted by molar-refractivity contribution is 8.00. The van der Waals surface area contributed by atoms with Gasteiger partial charge in [-0.15, -0.1) is 21.5 Å². The molecule has 0 radical (unpaired) electrons. The molecule has 31 heavy (non-hydrogen) atoms. The van der Waals surface area contributed by atoms with Gasteiger partial charge in [-0.2, -0.15) is 0 Å². The summed E-state index contributed by atoms with van der Waals surface area (Å²) in [4.78, 5) is 16.8. The van der Waals surface area contributed by atoms with Gasteiger partial charge in [0.1, 0.15) is 0 Å². The molecule has 1 amide bonds. The Morgan fingerprint density at radius 3 is 2.58 bits per heavy atom. The van der Waals surface area contributed by atoms with E-state index in [1.165, 1.54) is 23.1 Å². The molecule has 2 atom stereocenters. The Morgan fingerprint density at radius 1 is 1.23 bits per heavy atom. The number of methoxy groups -OCH3 is 1. The number of hydrogen-bond donors (Lipinski definition) is 1. The molecule has 0 saturated carbocycles. The van der Waals surface area contributed by atoms with Gasteiger partial charge in [0.2, 0.25) is 5.91 Å². The number of carbonyl (C=O) groups is 1. The quantitative estimate of drug-likeness (QED) is 0.426. The normalized spacial score (nSPS) is 13.1. The molecule has 0 fully saturated rings. The molecule has 0 bridgehead atoms. The molecule has 0 saturated heterocycles. The third kappa shape index (κ3) is 5.56. The first-order valence-electron chi connectivity index (χ1n) is 10.1. The number of rotatable bonds is 10. The van der Waals surface area contributed by atoms with E-state index in [9.17, 15) is 4.79 Å². The van der Waals surface area contributed by atoms with E-state index in [-0.39, 0.29) is 23.3 Å². The minimum Gasteiger partial charge on any atom is -0.493 e. The first kappa shape index (κ1) is 23.1. The molecule has 0 aliphatic heterocycles. The Kier molecular flexibility index (Phi) is 7.91. The first-order chi connectivity index (χ1) is 14.9. The molecular weight excluding hydrogens is 434 g/mol. The maximum atomic E-state index is 12.7. The molecule has 1 N–H and O–H groups in total. The second-order valence-corrected chi connectivity index (χ2v) is 9.12. The van der Waals surface area contributed by atoms with Crippen LogP contribution >= 0.6 is 23.1 Å². The highest BCUT2D eigenvalue weighted by atomic mass is 32.2. The lowest BCUT2D eigenvalue weighted by atomic mass is 10.3. The summed E-state index contributed by atoms with van der Waals surface area (Å²) in [6.07, 6.45) is 1.96. The van der Waals surface area contributed by atoms with Crippen LogP contribution in [0.4, 0.5) is 5.13 Å². The average Bonchev–Trinajstić information content (AvgIpc) is 3.42. The van der Waals surface area contributed by atoms with Crippen molar-refractivity contribution in [3.8, 4) is 11.5 Å². The van der Waals surface area contributed by atoms with Gasteiger partial charge >= 0.3 is 0 Å². The number of carbonyl (C=O) groups excluding carboxylic acids is 1. The summed E-state index contributed by atoms with van der Waals surface area (Å²) in [5.41, 5.74) is 0. The van der Waals surface area contributed by atoms with Crippen molar-refractivity contribution in [3.63, 3.8) is 0 Å². The minimum absolute atomic E-state index is 0.0933. The number of hydrogen-bond acceptors (Lipinski definition) is 8. The lowest BCUT2D eigenvalue weighted by Gasteiger charge is -2.20. The smallest absolute Gasteiger partial charge is 0.239 e.